The molecule has 2 N–H and O–H groups in total. The molecule has 0 aromatic carbocycles. The first-order chi connectivity index (χ1) is 7.89. The van der Waals surface area contributed by atoms with Crippen molar-refractivity contribution in [3.63, 3.8) is 0 Å². The zero-order valence-corrected chi connectivity index (χ0v) is 10.5. The lowest BCUT2D eigenvalue weighted by Crippen LogP contribution is -2.00. The molecule has 1 heterocycles. The number of nitrogens with zero attached hydrogens (tertiary/aromatic N) is 1. The summed E-state index contributed by atoms with van der Waals surface area (Å²) in [6.45, 7) is 5.14. The number of hydrogen-bond acceptors (Lipinski definition) is 4. The van der Waals surface area contributed by atoms with E-state index in [-0.39, 0.29) is 6.61 Å². The number of pyridine rings is 1. The molecule has 0 atom stereocenters. The van der Waals surface area contributed by atoms with Crippen molar-refractivity contribution in [2.45, 2.75) is 13.5 Å². The quantitative estimate of drug-likeness (QED) is 0.781. The van der Waals surface area contributed by atoms with Gasteiger partial charge in [0.05, 0.1) is 19.4 Å². The van der Waals surface area contributed by atoms with E-state index in [0.29, 0.717) is 22.6 Å². The number of methoxy groups -OCH3 is 1. The lowest BCUT2D eigenvalue weighted by atomic mass is 10.1. The Morgan fingerprint density at radius 2 is 2.24 bits per heavy atom. The van der Waals surface area contributed by atoms with E-state index < -0.39 is 7.82 Å². The van der Waals surface area contributed by atoms with Crippen molar-refractivity contribution in [3.05, 3.63) is 29.6 Å². The second-order valence-electron chi connectivity index (χ2n) is 3.28. The van der Waals surface area contributed by atoms with Crippen LogP contribution in [0, 0.1) is 6.92 Å². The Labute approximate surface area is 99.2 Å². The van der Waals surface area contributed by atoms with Crippen LogP contribution in [0.15, 0.2) is 12.8 Å². The second-order valence-corrected chi connectivity index (χ2v) is 4.52. The van der Waals surface area contributed by atoms with Gasteiger partial charge in [0.25, 0.3) is 0 Å². The molecule has 0 aliphatic rings. The lowest BCUT2D eigenvalue weighted by molar-refractivity contribution is 0.188. The first kappa shape index (κ1) is 13.9. The van der Waals surface area contributed by atoms with Crippen molar-refractivity contribution < 1.29 is 23.6 Å². The normalized spacial score (nSPS) is 11.3. The molecular formula is C10H14NO5P. The van der Waals surface area contributed by atoms with Gasteiger partial charge in [-0.1, -0.05) is 12.7 Å². The average Bonchev–Trinajstić information content (AvgIpc) is 2.25. The molecule has 0 radical (unpaired) electrons. The van der Waals surface area contributed by atoms with E-state index in [9.17, 15) is 4.57 Å². The van der Waals surface area contributed by atoms with Gasteiger partial charge in [-0.2, -0.15) is 0 Å². The van der Waals surface area contributed by atoms with Gasteiger partial charge in [-0.15, -0.1) is 0 Å². The number of ether oxygens (including phenoxy) is 1. The summed E-state index contributed by atoms with van der Waals surface area (Å²) in [6, 6.07) is 0. The highest BCUT2D eigenvalue weighted by Crippen LogP contribution is 2.38. The number of rotatable bonds is 5. The van der Waals surface area contributed by atoms with E-state index in [4.69, 9.17) is 14.5 Å². The molecule has 0 spiro atoms. The molecule has 0 saturated carbocycles. The smallest absolute Gasteiger partial charge is 0.469 e. The Morgan fingerprint density at radius 3 is 2.71 bits per heavy atom. The standard InChI is InChI=1S/C10H14NO5P/c1-4-9-8(6-16-17(12,13)14)5-11-7(2)10(9)15-3/h4-5H,1,6H2,2-3H3,(H2,12,13,14). The van der Waals surface area contributed by atoms with E-state index in [1.807, 2.05) is 0 Å². The van der Waals surface area contributed by atoms with Crippen molar-refractivity contribution in [1.29, 1.82) is 0 Å². The van der Waals surface area contributed by atoms with Crippen LogP contribution in [0.5, 0.6) is 5.75 Å². The minimum atomic E-state index is -4.50. The van der Waals surface area contributed by atoms with Crippen molar-refractivity contribution in [3.8, 4) is 5.75 Å². The molecule has 94 valence electrons. The molecule has 0 bridgehead atoms. The zero-order chi connectivity index (χ0) is 13.1. The third-order valence-electron chi connectivity index (χ3n) is 2.13. The average molecular weight is 259 g/mol. The molecule has 7 heteroatoms. The van der Waals surface area contributed by atoms with Gasteiger partial charge in [0.1, 0.15) is 5.75 Å². The maximum absolute atomic E-state index is 10.6. The Bertz CT molecular complexity index is 468. The van der Waals surface area contributed by atoms with Crippen LogP contribution >= 0.6 is 7.82 Å². The first-order valence-corrected chi connectivity index (χ1v) is 6.27. The van der Waals surface area contributed by atoms with Crippen LogP contribution in [0.25, 0.3) is 6.08 Å². The van der Waals surface area contributed by atoms with Crippen LogP contribution in [0.1, 0.15) is 16.8 Å². The number of aromatic nitrogens is 1. The maximum Gasteiger partial charge on any atom is 0.469 e. The summed E-state index contributed by atoms with van der Waals surface area (Å²) in [5.74, 6) is 0.520. The number of phosphoric ester groups is 1. The third-order valence-corrected chi connectivity index (χ3v) is 2.60. The summed E-state index contributed by atoms with van der Waals surface area (Å²) in [4.78, 5) is 21.3. The van der Waals surface area contributed by atoms with Crippen LogP contribution in [0.3, 0.4) is 0 Å². The van der Waals surface area contributed by atoms with Gasteiger partial charge in [0.15, 0.2) is 0 Å². The molecule has 1 rings (SSSR count). The predicted molar refractivity (Wildman–Crippen MR) is 62.5 cm³/mol. The molecule has 0 unspecified atom stereocenters. The van der Waals surface area contributed by atoms with E-state index in [0.717, 1.165) is 0 Å². The molecule has 0 amide bonds. The number of phosphoric acid groups is 1. The summed E-state index contributed by atoms with van der Waals surface area (Å²) in [7, 11) is -3.01. The van der Waals surface area contributed by atoms with Crippen LogP contribution in [0.2, 0.25) is 0 Å². The SMILES string of the molecule is C=Cc1c(COP(=O)(O)O)cnc(C)c1OC. The van der Waals surface area contributed by atoms with E-state index in [2.05, 4.69) is 16.1 Å². The molecule has 17 heavy (non-hydrogen) atoms. The highest BCUT2D eigenvalue weighted by molar-refractivity contribution is 7.46. The van der Waals surface area contributed by atoms with Gasteiger partial charge in [-0.25, -0.2) is 4.57 Å². The van der Waals surface area contributed by atoms with Gasteiger partial charge >= 0.3 is 7.82 Å². The maximum atomic E-state index is 10.6. The largest absolute Gasteiger partial charge is 0.494 e. The second kappa shape index (κ2) is 5.42. The predicted octanol–water partition coefficient (Wildman–Crippen LogP) is 1.65. The summed E-state index contributed by atoms with van der Waals surface area (Å²) < 4.78 is 20.2. The number of hydrogen-bond donors (Lipinski definition) is 2. The Hall–Kier alpha value is -1.20. The highest BCUT2D eigenvalue weighted by atomic mass is 31.2. The van der Waals surface area contributed by atoms with Crippen molar-refractivity contribution >= 4 is 13.9 Å². The van der Waals surface area contributed by atoms with Crippen molar-refractivity contribution in [2.75, 3.05) is 7.11 Å². The van der Waals surface area contributed by atoms with E-state index in [1.165, 1.54) is 19.4 Å². The fourth-order valence-electron chi connectivity index (χ4n) is 1.39. The summed E-state index contributed by atoms with van der Waals surface area (Å²) >= 11 is 0. The molecule has 0 aliphatic heterocycles. The monoisotopic (exact) mass is 259 g/mol. The van der Waals surface area contributed by atoms with Crippen LogP contribution < -0.4 is 4.74 Å². The molecule has 1 aromatic heterocycles. The van der Waals surface area contributed by atoms with Crippen LogP contribution in [-0.2, 0) is 15.7 Å². The summed E-state index contributed by atoms with van der Waals surface area (Å²) in [5.41, 5.74) is 1.79. The summed E-state index contributed by atoms with van der Waals surface area (Å²) in [5, 5.41) is 0. The van der Waals surface area contributed by atoms with Gasteiger partial charge in [-0.3, -0.25) is 9.51 Å². The zero-order valence-electron chi connectivity index (χ0n) is 9.58. The van der Waals surface area contributed by atoms with Gasteiger partial charge in [0, 0.05) is 17.3 Å². The van der Waals surface area contributed by atoms with Crippen molar-refractivity contribution in [1.82, 2.24) is 4.98 Å². The summed E-state index contributed by atoms with van der Waals surface area (Å²) in [6.07, 6.45) is 3.01. The molecule has 1 aromatic rings. The Kier molecular flexibility index (Phi) is 4.42. The van der Waals surface area contributed by atoms with Gasteiger partial charge < -0.3 is 14.5 Å². The van der Waals surface area contributed by atoms with E-state index in [1.54, 1.807) is 6.92 Å². The minimum Gasteiger partial charge on any atom is -0.494 e. The number of aryl methyl sites for hydroxylation is 1. The lowest BCUT2D eigenvalue weighted by Gasteiger charge is -2.13. The first-order valence-electron chi connectivity index (χ1n) is 4.74. The highest BCUT2D eigenvalue weighted by Gasteiger charge is 2.17. The third kappa shape index (κ3) is 3.64. The molecule has 0 aliphatic carbocycles. The Balaban J connectivity index is 3.08. The fourth-order valence-corrected chi connectivity index (χ4v) is 1.70. The molecular weight excluding hydrogens is 245 g/mol. The molecule has 6 nitrogen and oxygen atoms in total. The van der Waals surface area contributed by atoms with Gasteiger partial charge in [0.2, 0.25) is 0 Å². The van der Waals surface area contributed by atoms with Crippen molar-refractivity contribution in [2.24, 2.45) is 0 Å². The minimum absolute atomic E-state index is 0.255. The molecule has 0 saturated heterocycles. The van der Waals surface area contributed by atoms with E-state index >= 15 is 0 Å². The Morgan fingerprint density at radius 1 is 1.59 bits per heavy atom. The topological polar surface area (TPSA) is 88.9 Å². The van der Waals surface area contributed by atoms with Crippen LogP contribution in [-0.4, -0.2) is 21.9 Å². The fraction of sp³-hybridized carbons (Fsp3) is 0.300. The molecule has 0 fully saturated rings. The van der Waals surface area contributed by atoms with Crippen LogP contribution in [0.4, 0.5) is 0 Å². The van der Waals surface area contributed by atoms with Gasteiger partial charge in [-0.05, 0) is 6.92 Å².